The van der Waals surface area contributed by atoms with Crippen LogP contribution in [0.25, 0.3) is 28.0 Å². The standard InChI is InChI=1S/C32H31F4N5O2/c1-17-11-19(3-7-24(17)31(43)40-26-14-25(26)33)21-13-27(37-10-9-32(34,35)36)29-38-15-28(41(29)16-21)20-4-8-23(18(2)12-20)30(42)39-22-5-6-22/h3-4,7-8,11-13,15-16,22,25-26,37H,5-6,9-10,14H2,1-2H3,(H,39,42)(H,40,43)/t25-,26-/m0/s1. The van der Waals surface area contributed by atoms with Gasteiger partial charge < -0.3 is 16.0 Å². The van der Waals surface area contributed by atoms with Crippen LogP contribution in [0.1, 0.15) is 57.5 Å². The highest BCUT2D eigenvalue weighted by molar-refractivity contribution is 5.97. The molecule has 6 rings (SSSR count). The number of amides is 2. The highest BCUT2D eigenvalue weighted by atomic mass is 19.4. The number of anilines is 1. The molecule has 3 N–H and O–H groups in total. The Bertz CT molecular complexity index is 1730. The van der Waals surface area contributed by atoms with Crippen molar-refractivity contribution < 1.29 is 27.2 Å². The van der Waals surface area contributed by atoms with E-state index in [1.54, 1.807) is 37.4 Å². The van der Waals surface area contributed by atoms with Gasteiger partial charge in [0.15, 0.2) is 5.65 Å². The van der Waals surface area contributed by atoms with E-state index >= 15 is 0 Å². The normalized spacial score (nSPS) is 18.0. The van der Waals surface area contributed by atoms with Gasteiger partial charge in [-0.2, -0.15) is 13.2 Å². The lowest BCUT2D eigenvalue weighted by Gasteiger charge is -2.15. The smallest absolute Gasteiger partial charge is 0.382 e. The molecule has 2 aromatic heterocycles. The molecule has 2 aromatic carbocycles. The van der Waals surface area contributed by atoms with E-state index < -0.39 is 24.8 Å². The van der Waals surface area contributed by atoms with Crippen molar-refractivity contribution in [3.8, 4) is 22.4 Å². The largest absolute Gasteiger partial charge is 0.390 e. The molecule has 2 aliphatic rings. The minimum Gasteiger partial charge on any atom is -0.382 e. The lowest BCUT2D eigenvalue weighted by molar-refractivity contribution is -0.131. The number of benzene rings is 2. The number of hydrogen-bond acceptors (Lipinski definition) is 4. The van der Waals surface area contributed by atoms with Gasteiger partial charge in [0.1, 0.15) is 6.17 Å². The first kappa shape index (κ1) is 28.7. The molecule has 224 valence electrons. The van der Waals surface area contributed by atoms with E-state index in [9.17, 15) is 27.2 Å². The van der Waals surface area contributed by atoms with Crippen LogP contribution in [0.2, 0.25) is 0 Å². The fraction of sp³-hybridized carbons (Fsp3) is 0.344. The van der Waals surface area contributed by atoms with Crippen molar-refractivity contribution in [2.24, 2.45) is 0 Å². The number of aryl methyl sites for hydroxylation is 2. The molecule has 0 saturated heterocycles. The second-order valence-electron chi connectivity index (χ2n) is 11.4. The summed E-state index contributed by atoms with van der Waals surface area (Å²) in [5, 5.41) is 8.59. The number of nitrogens with one attached hydrogen (secondary N) is 3. The summed E-state index contributed by atoms with van der Waals surface area (Å²) in [6.07, 6.45) is -0.543. The van der Waals surface area contributed by atoms with E-state index in [4.69, 9.17) is 0 Å². The Morgan fingerprint density at radius 1 is 0.930 bits per heavy atom. The number of carbonyl (C=O) groups is 2. The third-order valence-electron chi connectivity index (χ3n) is 7.84. The number of alkyl halides is 4. The fourth-order valence-corrected chi connectivity index (χ4v) is 5.15. The molecule has 2 saturated carbocycles. The zero-order valence-corrected chi connectivity index (χ0v) is 23.7. The van der Waals surface area contributed by atoms with Crippen LogP contribution in [0, 0.1) is 13.8 Å². The Balaban J connectivity index is 1.36. The molecule has 11 heteroatoms. The van der Waals surface area contributed by atoms with E-state index in [1.165, 1.54) is 0 Å². The molecule has 0 radical (unpaired) electrons. The van der Waals surface area contributed by atoms with Gasteiger partial charge in [0.25, 0.3) is 11.8 Å². The van der Waals surface area contributed by atoms with E-state index in [0.29, 0.717) is 45.7 Å². The number of imidazole rings is 1. The third-order valence-corrected chi connectivity index (χ3v) is 7.84. The Morgan fingerprint density at radius 3 is 2.16 bits per heavy atom. The molecule has 2 aliphatic carbocycles. The molecule has 43 heavy (non-hydrogen) atoms. The van der Waals surface area contributed by atoms with Gasteiger partial charge in [0, 0.05) is 47.5 Å². The van der Waals surface area contributed by atoms with Crippen LogP contribution < -0.4 is 16.0 Å². The summed E-state index contributed by atoms with van der Waals surface area (Å²) in [5.41, 5.74) is 6.29. The number of pyridine rings is 1. The zero-order valence-electron chi connectivity index (χ0n) is 23.7. The maximum absolute atomic E-state index is 13.3. The molecular weight excluding hydrogens is 562 g/mol. The summed E-state index contributed by atoms with van der Waals surface area (Å²) in [4.78, 5) is 29.8. The molecule has 0 bridgehead atoms. The highest BCUT2D eigenvalue weighted by Crippen LogP contribution is 2.33. The zero-order chi connectivity index (χ0) is 30.5. The lowest BCUT2D eigenvalue weighted by Crippen LogP contribution is -2.27. The Labute approximate surface area is 245 Å². The van der Waals surface area contributed by atoms with E-state index in [-0.39, 0.29) is 24.4 Å². The average Bonchev–Trinajstić information content (AvgIpc) is 3.85. The van der Waals surface area contributed by atoms with Crippen LogP contribution in [-0.2, 0) is 0 Å². The number of nitrogens with zero attached hydrogens (tertiary/aromatic N) is 2. The molecule has 2 amide bonds. The van der Waals surface area contributed by atoms with E-state index in [2.05, 4.69) is 20.9 Å². The summed E-state index contributed by atoms with van der Waals surface area (Å²) in [6.45, 7) is 3.32. The van der Waals surface area contributed by atoms with Crippen LogP contribution in [-0.4, -0.2) is 52.2 Å². The lowest BCUT2D eigenvalue weighted by atomic mass is 10.00. The van der Waals surface area contributed by atoms with Crippen molar-refractivity contribution in [3.05, 3.63) is 77.1 Å². The Morgan fingerprint density at radius 2 is 1.56 bits per heavy atom. The van der Waals surface area contributed by atoms with Crippen molar-refractivity contribution >= 4 is 23.1 Å². The van der Waals surface area contributed by atoms with Crippen LogP contribution in [0.3, 0.4) is 0 Å². The number of fused-ring (bicyclic) bond motifs is 1. The summed E-state index contributed by atoms with van der Waals surface area (Å²) in [7, 11) is 0. The van der Waals surface area contributed by atoms with Crippen molar-refractivity contribution in [2.45, 2.75) is 64.0 Å². The maximum Gasteiger partial charge on any atom is 0.390 e. The van der Waals surface area contributed by atoms with Crippen molar-refractivity contribution in [1.82, 2.24) is 20.0 Å². The number of rotatable bonds is 9. The number of aromatic nitrogens is 2. The molecule has 2 atom stereocenters. The monoisotopic (exact) mass is 593 g/mol. The van der Waals surface area contributed by atoms with Crippen LogP contribution in [0.15, 0.2) is 54.9 Å². The van der Waals surface area contributed by atoms with Crippen LogP contribution in [0.5, 0.6) is 0 Å². The van der Waals surface area contributed by atoms with Gasteiger partial charge in [-0.05, 0) is 67.6 Å². The van der Waals surface area contributed by atoms with Crippen LogP contribution in [0.4, 0.5) is 23.2 Å². The first-order valence-electron chi connectivity index (χ1n) is 14.3. The predicted molar refractivity (Wildman–Crippen MR) is 156 cm³/mol. The van der Waals surface area contributed by atoms with Crippen molar-refractivity contribution in [3.63, 3.8) is 0 Å². The fourth-order valence-electron chi connectivity index (χ4n) is 5.15. The predicted octanol–water partition coefficient (Wildman–Crippen LogP) is 6.38. The van der Waals surface area contributed by atoms with E-state index in [1.807, 2.05) is 35.7 Å². The summed E-state index contributed by atoms with van der Waals surface area (Å²) < 4.78 is 54.0. The molecule has 0 unspecified atom stereocenters. The first-order valence-corrected chi connectivity index (χ1v) is 14.3. The SMILES string of the molecule is Cc1cc(-c2cnc3c(NCCC(F)(F)F)cc(-c4ccc(C(=O)N[C@H]5C[C@@H]5F)c(C)c4)cn23)ccc1C(=O)NC1CC1. The van der Waals surface area contributed by atoms with Crippen molar-refractivity contribution in [2.75, 3.05) is 11.9 Å². The molecule has 7 nitrogen and oxygen atoms in total. The molecule has 4 aromatic rings. The van der Waals surface area contributed by atoms with Gasteiger partial charge in [-0.3, -0.25) is 14.0 Å². The van der Waals surface area contributed by atoms with Crippen LogP contribution >= 0.6 is 0 Å². The highest BCUT2D eigenvalue weighted by Gasteiger charge is 2.39. The second kappa shape index (κ2) is 11.0. The quantitative estimate of drug-likeness (QED) is 0.197. The molecular formula is C32H31F4N5O2. The summed E-state index contributed by atoms with van der Waals surface area (Å²) in [6, 6.07) is 12.3. The minimum absolute atomic E-state index is 0.114. The summed E-state index contributed by atoms with van der Waals surface area (Å²) >= 11 is 0. The number of carbonyl (C=O) groups excluding carboxylic acids is 2. The summed E-state index contributed by atoms with van der Waals surface area (Å²) in [5.74, 6) is -0.460. The van der Waals surface area contributed by atoms with Gasteiger partial charge in [0.05, 0.1) is 30.0 Å². The van der Waals surface area contributed by atoms with Gasteiger partial charge in [-0.15, -0.1) is 0 Å². The molecule has 0 spiro atoms. The molecule has 2 fully saturated rings. The Hall–Kier alpha value is -4.41. The topological polar surface area (TPSA) is 87.5 Å². The second-order valence-corrected chi connectivity index (χ2v) is 11.4. The maximum atomic E-state index is 13.3. The molecule has 2 heterocycles. The van der Waals surface area contributed by atoms with Gasteiger partial charge >= 0.3 is 6.18 Å². The minimum atomic E-state index is -4.32. The molecule has 0 aliphatic heterocycles. The van der Waals surface area contributed by atoms with Gasteiger partial charge in [-0.1, -0.05) is 18.2 Å². The third kappa shape index (κ3) is 6.35. The average molecular weight is 594 g/mol. The number of hydrogen-bond donors (Lipinski definition) is 3. The van der Waals surface area contributed by atoms with Gasteiger partial charge in [-0.25, -0.2) is 9.37 Å². The first-order chi connectivity index (χ1) is 20.5. The van der Waals surface area contributed by atoms with Gasteiger partial charge in [0.2, 0.25) is 0 Å². The van der Waals surface area contributed by atoms with Crippen molar-refractivity contribution in [1.29, 1.82) is 0 Å². The Kier molecular flexibility index (Phi) is 7.35. The number of halogens is 4. The van der Waals surface area contributed by atoms with E-state index in [0.717, 1.165) is 29.5 Å².